The molecule has 0 amide bonds. The standard InChI is InChI=1S/C6H11N3/c7-3-1-4-8-9-5-2-6-9/h3-4,7H,1-2,5-6H2/b7-3?,8-4+. The molecule has 0 atom stereocenters. The summed E-state index contributed by atoms with van der Waals surface area (Å²) in [4.78, 5) is 0. The van der Waals surface area contributed by atoms with Crippen LogP contribution in [0.15, 0.2) is 5.10 Å². The molecule has 0 spiro atoms. The Labute approximate surface area is 54.9 Å². The van der Waals surface area contributed by atoms with Crippen LogP contribution in [0, 0.1) is 5.41 Å². The van der Waals surface area contributed by atoms with Crippen molar-refractivity contribution >= 4 is 12.4 Å². The average molecular weight is 125 g/mol. The highest BCUT2D eigenvalue weighted by Crippen LogP contribution is 2.04. The Hall–Kier alpha value is -0.860. The van der Waals surface area contributed by atoms with Crippen molar-refractivity contribution in [3.8, 4) is 0 Å². The van der Waals surface area contributed by atoms with Crippen LogP contribution in [-0.4, -0.2) is 30.5 Å². The lowest BCUT2D eigenvalue weighted by molar-refractivity contribution is 0.191. The number of hydrogen-bond donors (Lipinski definition) is 1. The summed E-state index contributed by atoms with van der Waals surface area (Å²) in [5.74, 6) is 0. The van der Waals surface area contributed by atoms with Crippen LogP contribution in [0.3, 0.4) is 0 Å². The van der Waals surface area contributed by atoms with Gasteiger partial charge in [0.15, 0.2) is 0 Å². The lowest BCUT2D eigenvalue weighted by Crippen LogP contribution is -2.32. The summed E-state index contributed by atoms with van der Waals surface area (Å²) in [5, 5.41) is 12.8. The highest BCUT2D eigenvalue weighted by Gasteiger charge is 2.08. The summed E-state index contributed by atoms with van der Waals surface area (Å²) in [5.41, 5.74) is 0. The van der Waals surface area contributed by atoms with Gasteiger partial charge in [-0.25, -0.2) is 0 Å². The second-order valence-electron chi connectivity index (χ2n) is 2.05. The summed E-state index contributed by atoms with van der Waals surface area (Å²) < 4.78 is 0. The van der Waals surface area contributed by atoms with Gasteiger partial charge in [-0.15, -0.1) is 0 Å². The minimum atomic E-state index is 0.663. The molecule has 3 nitrogen and oxygen atoms in total. The summed E-state index contributed by atoms with van der Waals surface area (Å²) >= 11 is 0. The third-order valence-electron chi connectivity index (χ3n) is 1.30. The monoisotopic (exact) mass is 125 g/mol. The smallest absolute Gasteiger partial charge is 0.0377 e. The first-order valence-corrected chi connectivity index (χ1v) is 3.20. The molecule has 0 aromatic carbocycles. The molecule has 1 aliphatic heterocycles. The number of rotatable bonds is 3. The van der Waals surface area contributed by atoms with Crippen molar-refractivity contribution in [2.75, 3.05) is 13.1 Å². The predicted octanol–water partition coefficient (Wildman–Crippen LogP) is 0.718. The molecule has 1 heterocycles. The van der Waals surface area contributed by atoms with Crippen LogP contribution in [0.2, 0.25) is 0 Å². The van der Waals surface area contributed by atoms with E-state index in [1.807, 2.05) is 5.01 Å². The Kier molecular flexibility index (Phi) is 2.24. The molecule has 50 valence electrons. The summed E-state index contributed by atoms with van der Waals surface area (Å²) in [6.07, 6.45) is 5.05. The molecule has 3 heteroatoms. The molecule has 1 N–H and O–H groups in total. The Morgan fingerprint density at radius 1 is 1.56 bits per heavy atom. The first kappa shape index (κ1) is 6.26. The molecule has 1 aliphatic rings. The van der Waals surface area contributed by atoms with Gasteiger partial charge in [-0.05, 0) is 6.42 Å². The molecule has 1 fully saturated rings. The van der Waals surface area contributed by atoms with E-state index in [0.717, 1.165) is 13.1 Å². The zero-order valence-electron chi connectivity index (χ0n) is 5.38. The van der Waals surface area contributed by atoms with Crippen LogP contribution in [0.4, 0.5) is 0 Å². The van der Waals surface area contributed by atoms with Gasteiger partial charge in [-0.3, -0.25) is 5.01 Å². The average Bonchev–Trinajstić information content (AvgIpc) is 1.76. The second kappa shape index (κ2) is 3.22. The maximum atomic E-state index is 6.69. The fraction of sp³-hybridized carbons (Fsp3) is 0.667. The van der Waals surface area contributed by atoms with Crippen molar-refractivity contribution in [3.63, 3.8) is 0 Å². The van der Waals surface area contributed by atoms with E-state index in [1.54, 1.807) is 6.21 Å². The fourth-order valence-corrected chi connectivity index (χ4v) is 0.630. The summed E-state index contributed by atoms with van der Waals surface area (Å²) in [7, 11) is 0. The molecule has 0 saturated carbocycles. The minimum absolute atomic E-state index is 0.663. The van der Waals surface area contributed by atoms with Crippen LogP contribution in [0.25, 0.3) is 0 Å². The van der Waals surface area contributed by atoms with Gasteiger partial charge in [0, 0.05) is 31.9 Å². The van der Waals surface area contributed by atoms with Gasteiger partial charge < -0.3 is 5.41 Å². The molecule has 0 aliphatic carbocycles. The van der Waals surface area contributed by atoms with Gasteiger partial charge in [0.2, 0.25) is 0 Å². The normalized spacial score (nSPS) is 18.0. The van der Waals surface area contributed by atoms with Crippen LogP contribution in [-0.2, 0) is 0 Å². The Morgan fingerprint density at radius 2 is 2.33 bits per heavy atom. The predicted molar refractivity (Wildman–Crippen MR) is 38.1 cm³/mol. The van der Waals surface area contributed by atoms with E-state index in [1.165, 1.54) is 12.6 Å². The fourth-order valence-electron chi connectivity index (χ4n) is 0.630. The topological polar surface area (TPSA) is 39.5 Å². The summed E-state index contributed by atoms with van der Waals surface area (Å²) in [6, 6.07) is 0. The number of hydrogen-bond acceptors (Lipinski definition) is 3. The van der Waals surface area contributed by atoms with Crippen molar-refractivity contribution in [2.24, 2.45) is 5.10 Å². The lowest BCUT2D eigenvalue weighted by Gasteiger charge is -2.27. The largest absolute Gasteiger partial charge is 0.313 e. The van der Waals surface area contributed by atoms with E-state index in [4.69, 9.17) is 5.41 Å². The van der Waals surface area contributed by atoms with Gasteiger partial charge in [-0.1, -0.05) is 0 Å². The van der Waals surface area contributed by atoms with E-state index in [9.17, 15) is 0 Å². The molecule has 0 unspecified atom stereocenters. The lowest BCUT2D eigenvalue weighted by atomic mass is 10.3. The maximum Gasteiger partial charge on any atom is 0.0377 e. The van der Waals surface area contributed by atoms with Crippen LogP contribution < -0.4 is 0 Å². The molecular weight excluding hydrogens is 114 g/mol. The van der Waals surface area contributed by atoms with Crippen LogP contribution >= 0.6 is 0 Å². The van der Waals surface area contributed by atoms with Crippen LogP contribution in [0.1, 0.15) is 12.8 Å². The van der Waals surface area contributed by atoms with Gasteiger partial charge in [0.1, 0.15) is 0 Å². The van der Waals surface area contributed by atoms with E-state index < -0.39 is 0 Å². The first-order valence-electron chi connectivity index (χ1n) is 3.20. The van der Waals surface area contributed by atoms with Crippen LogP contribution in [0.5, 0.6) is 0 Å². The van der Waals surface area contributed by atoms with Gasteiger partial charge in [0.05, 0.1) is 0 Å². The van der Waals surface area contributed by atoms with Crippen molar-refractivity contribution in [3.05, 3.63) is 0 Å². The van der Waals surface area contributed by atoms with Gasteiger partial charge >= 0.3 is 0 Å². The van der Waals surface area contributed by atoms with Gasteiger partial charge in [-0.2, -0.15) is 5.10 Å². The number of nitrogens with one attached hydrogen (secondary N) is 1. The van der Waals surface area contributed by atoms with Crippen molar-refractivity contribution in [2.45, 2.75) is 12.8 Å². The van der Waals surface area contributed by atoms with E-state index in [2.05, 4.69) is 5.10 Å². The Balaban J connectivity index is 2.07. The van der Waals surface area contributed by atoms with Crippen molar-refractivity contribution < 1.29 is 0 Å². The highest BCUT2D eigenvalue weighted by atomic mass is 15.5. The third kappa shape index (κ3) is 1.83. The van der Waals surface area contributed by atoms with Crippen molar-refractivity contribution in [1.29, 1.82) is 5.41 Å². The molecule has 9 heavy (non-hydrogen) atoms. The summed E-state index contributed by atoms with van der Waals surface area (Å²) in [6.45, 7) is 2.18. The highest BCUT2D eigenvalue weighted by molar-refractivity contribution is 5.77. The Bertz CT molecular complexity index is 115. The quantitative estimate of drug-likeness (QED) is 0.554. The molecule has 0 radical (unpaired) electrons. The van der Waals surface area contributed by atoms with E-state index in [-0.39, 0.29) is 0 Å². The maximum absolute atomic E-state index is 6.69. The molecule has 0 bridgehead atoms. The van der Waals surface area contributed by atoms with E-state index in [0.29, 0.717) is 6.42 Å². The Morgan fingerprint density at radius 3 is 2.78 bits per heavy atom. The number of hydrazone groups is 1. The molecule has 0 aromatic heterocycles. The van der Waals surface area contributed by atoms with E-state index >= 15 is 0 Å². The first-order chi connectivity index (χ1) is 4.43. The molecule has 0 aromatic rings. The molecule has 1 rings (SSSR count). The zero-order valence-corrected chi connectivity index (χ0v) is 5.38. The van der Waals surface area contributed by atoms with Gasteiger partial charge in [0.25, 0.3) is 0 Å². The van der Waals surface area contributed by atoms with Crippen molar-refractivity contribution in [1.82, 2.24) is 5.01 Å². The molecule has 1 saturated heterocycles. The molecular formula is C6H11N3. The minimum Gasteiger partial charge on any atom is -0.313 e. The second-order valence-corrected chi connectivity index (χ2v) is 2.05. The third-order valence-corrected chi connectivity index (χ3v) is 1.30. The zero-order chi connectivity index (χ0) is 6.53. The SMILES string of the molecule is N=CC/C=N/N1CCC1. The number of nitrogens with zero attached hydrogens (tertiary/aromatic N) is 2.